The largest absolute Gasteiger partial charge is 0.445 e. The minimum atomic E-state index is 0. The number of para-hydroxylation sites is 2. The number of rotatable bonds is 2. The summed E-state index contributed by atoms with van der Waals surface area (Å²) in [7, 11) is 0. The van der Waals surface area contributed by atoms with Crippen molar-refractivity contribution in [2.45, 2.75) is 0 Å². The topological polar surface area (TPSA) is 38.9 Å². The van der Waals surface area contributed by atoms with Crippen LogP contribution in [0.15, 0.2) is 83.4 Å². The van der Waals surface area contributed by atoms with E-state index in [2.05, 4.69) is 28.2 Å². The molecule has 4 heteroatoms. The Morgan fingerprint density at radius 2 is 1.69 bits per heavy atom. The second-order valence-electron chi connectivity index (χ2n) is 5.86. The number of hydrogen-bond donors (Lipinski definition) is 0. The second kappa shape index (κ2) is 6.83. The molecule has 0 atom stereocenters. The smallest absolute Gasteiger partial charge is 0.183 e. The number of fused-ring (bicyclic) bond motifs is 2. The minimum absolute atomic E-state index is 0. The summed E-state index contributed by atoms with van der Waals surface area (Å²) in [6, 6.07) is 27.3. The van der Waals surface area contributed by atoms with E-state index >= 15 is 0 Å². The van der Waals surface area contributed by atoms with Crippen LogP contribution in [-0.4, -0.2) is 9.97 Å². The van der Waals surface area contributed by atoms with Gasteiger partial charge in [0.05, 0.1) is 0 Å². The summed E-state index contributed by atoms with van der Waals surface area (Å²) in [5.74, 6) is 0.606. The van der Waals surface area contributed by atoms with Crippen molar-refractivity contribution in [3.05, 3.63) is 85.1 Å². The molecule has 0 saturated heterocycles. The van der Waals surface area contributed by atoms with Crippen molar-refractivity contribution in [3.8, 4) is 22.7 Å². The van der Waals surface area contributed by atoms with Gasteiger partial charge in [0.15, 0.2) is 11.5 Å². The monoisotopic (exact) mass is 514 g/mol. The van der Waals surface area contributed by atoms with Crippen molar-refractivity contribution in [3.63, 3.8) is 0 Å². The molecule has 0 fully saturated rings. The van der Waals surface area contributed by atoms with Crippen molar-refractivity contribution in [1.82, 2.24) is 9.97 Å². The van der Waals surface area contributed by atoms with Crippen LogP contribution >= 0.6 is 0 Å². The zero-order chi connectivity index (χ0) is 16.6. The molecule has 5 rings (SSSR count). The Labute approximate surface area is 164 Å². The summed E-state index contributed by atoms with van der Waals surface area (Å²) >= 11 is 0. The third-order valence-corrected chi connectivity index (χ3v) is 4.28. The SMILES string of the molecule is [Ir].[c-]1cc(-c2nc3ccccc3o2)ccc1-c1nccc2ccccc12. The zero-order valence-corrected chi connectivity index (χ0v) is 16.0. The molecule has 0 bridgehead atoms. The fraction of sp³-hybridized carbons (Fsp3) is 0. The van der Waals surface area contributed by atoms with Crippen molar-refractivity contribution < 1.29 is 24.5 Å². The van der Waals surface area contributed by atoms with Gasteiger partial charge < -0.3 is 9.40 Å². The molecular formula is C22H13IrN2O-. The molecule has 3 nitrogen and oxygen atoms in total. The third-order valence-electron chi connectivity index (χ3n) is 4.28. The molecule has 0 aliphatic heterocycles. The first-order valence-electron chi connectivity index (χ1n) is 8.10. The van der Waals surface area contributed by atoms with Gasteiger partial charge in [0.2, 0.25) is 0 Å². The molecule has 3 aromatic carbocycles. The summed E-state index contributed by atoms with van der Waals surface area (Å²) in [5, 5.41) is 2.29. The normalized spacial score (nSPS) is 10.8. The Morgan fingerprint density at radius 3 is 2.54 bits per heavy atom. The Balaban J connectivity index is 0.00000168. The number of nitrogens with zero attached hydrogens (tertiary/aromatic N) is 2. The average Bonchev–Trinajstić information content (AvgIpc) is 3.12. The first-order valence-corrected chi connectivity index (χ1v) is 8.10. The maximum absolute atomic E-state index is 5.82. The van der Waals surface area contributed by atoms with Crippen LogP contribution in [0.4, 0.5) is 0 Å². The maximum Gasteiger partial charge on any atom is 0.183 e. The van der Waals surface area contributed by atoms with E-state index in [9.17, 15) is 0 Å². The molecule has 0 aliphatic rings. The Kier molecular flexibility index (Phi) is 4.37. The van der Waals surface area contributed by atoms with Crippen LogP contribution in [0.3, 0.4) is 0 Å². The first kappa shape index (κ1) is 16.6. The predicted molar refractivity (Wildman–Crippen MR) is 99.0 cm³/mol. The molecule has 0 unspecified atom stereocenters. The summed E-state index contributed by atoms with van der Waals surface area (Å²) in [6.45, 7) is 0. The van der Waals surface area contributed by atoms with E-state index in [0.29, 0.717) is 5.89 Å². The van der Waals surface area contributed by atoms with Crippen molar-refractivity contribution >= 4 is 21.9 Å². The van der Waals surface area contributed by atoms with Crippen molar-refractivity contribution in [1.29, 1.82) is 0 Å². The third kappa shape index (κ3) is 2.84. The number of oxazole rings is 1. The van der Waals surface area contributed by atoms with Gasteiger partial charge in [-0.3, -0.25) is 0 Å². The van der Waals surface area contributed by atoms with Crippen LogP contribution in [0.5, 0.6) is 0 Å². The van der Waals surface area contributed by atoms with E-state index in [-0.39, 0.29) is 20.1 Å². The molecule has 0 spiro atoms. The van der Waals surface area contributed by atoms with Crippen LogP contribution in [0.25, 0.3) is 44.6 Å². The fourth-order valence-electron chi connectivity index (χ4n) is 3.04. The van der Waals surface area contributed by atoms with Crippen LogP contribution in [0, 0.1) is 6.07 Å². The molecule has 5 aromatic rings. The van der Waals surface area contributed by atoms with Crippen LogP contribution in [0.1, 0.15) is 0 Å². The summed E-state index contributed by atoms with van der Waals surface area (Å²) in [4.78, 5) is 9.08. The van der Waals surface area contributed by atoms with Gasteiger partial charge in [-0.15, -0.1) is 29.8 Å². The Bertz CT molecular complexity index is 1160. The van der Waals surface area contributed by atoms with E-state index in [1.807, 2.05) is 66.9 Å². The van der Waals surface area contributed by atoms with E-state index in [4.69, 9.17) is 4.42 Å². The summed E-state index contributed by atoms with van der Waals surface area (Å²) < 4.78 is 5.82. The van der Waals surface area contributed by atoms with Gasteiger partial charge >= 0.3 is 0 Å². The Morgan fingerprint density at radius 1 is 0.846 bits per heavy atom. The fourth-order valence-corrected chi connectivity index (χ4v) is 3.04. The van der Waals surface area contributed by atoms with Crippen LogP contribution in [-0.2, 0) is 20.1 Å². The number of pyridine rings is 1. The zero-order valence-electron chi connectivity index (χ0n) is 13.6. The van der Waals surface area contributed by atoms with E-state index in [0.717, 1.165) is 33.3 Å². The van der Waals surface area contributed by atoms with Gasteiger partial charge in [-0.05, 0) is 40.2 Å². The number of hydrogen-bond acceptors (Lipinski definition) is 3. The molecular weight excluding hydrogens is 500 g/mol. The van der Waals surface area contributed by atoms with E-state index in [1.165, 1.54) is 5.39 Å². The molecule has 0 N–H and O–H groups in total. The van der Waals surface area contributed by atoms with Gasteiger partial charge in [-0.2, -0.15) is 0 Å². The molecule has 0 aliphatic carbocycles. The predicted octanol–water partition coefficient (Wildman–Crippen LogP) is 5.51. The van der Waals surface area contributed by atoms with Gasteiger partial charge in [-0.1, -0.05) is 36.4 Å². The van der Waals surface area contributed by atoms with Crippen LogP contribution in [0.2, 0.25) is 0 Å². The standard InChI is InChI=1S/C22H13N2O.Ir/c1-2-6-18-15(5-1)13-14-23-21(18)16-9-11-17(12-10-16)22-24-19-7-3-4-8-20(19)25-22;/h1-9,11-14H;/q-1;. The van der Waals surface area contributed by atoms with E-state index < -0.39 is 0 Å². The molecule has 127 valence electrons. The average molecular weight is 514 g/mol. The Hall–Kier alpha value is -2.81. The molecule has 2 heterocycles. The van der Waals surface area contributed by atoms with Gasteiger partial charge in [0, 0.05) is 26.3 Å². The maximum atomic E-state index is 5.82. The second-order valence-corrected chi connectivity index (χ2v) is 5.86. The minimum Gasteiger partial charge on any atom is -0.445 e. The van der Waals surface area contributed by atoms with Gasteiger partial charge in [0.1, 0.15) is 5.52 Å². The van der Waals surface area contributed by atoms with Crippen molar-refractivity contribution in [2.75, 3.05) is 0 Å². The molecule has 26 heavy (non-hydrogen) atoms. The summed E-state index contributed by atoms with van der Waals surface area (Å²) in [6.07, 6.45) is 1.83. The summed E-state index contributed by atoms with van der Waals surface area (Å²) in [5.41, 5.74) is 4.44. The molecule has 1 radical (unpaired) electrons. The number of aromatic nitrogens is 2. The molecule has 2 aromatic heterocycles. The van der Waals surface area contributed by atoms with Crippen molar-refractivity contribution in [2.24, 2.45) is 0 Å². The van der Waals surface area contributed by atoms with Gasteiger partial charge in [0.25, 0.3) is 0 Å². The molecule has 0 saturated carbocycles. The number of benzene rings is 3. The first-order chi connectivity index (χ1) is 12.4. The van der Waals surface area contributed by atoms with Gasteiger partial charge in [-0.25, -0.2) is 4.98 Å². The quantitative estimate of drug-likeness (QED) is 0.292. The van der Waals surface area contributed by atoms with E-state index in [1.54, 1.807) is 0 Å². The molecule has 0 amide bonds. The van der Waals surface area contributed by atoms with Crippen LogP contribution < -0.4 is 0 Å².